The number of hydrogen-bond donors (Lipinski definition) is 0. The minimum atomic E-state index is -0.164. The summed E-state index contributed by atoms with van der Waals surface area (Å²) in [6.45, 7) is 10.7. The van der Waals surface area contributed by atoms with Crippen molar-refractivity contribution in [2.24, 2.45) is 0 Å². The van der Waals surface area contributed by atoms with Crippen LogP contribution in [0.15, 0.2) is 0 Å². The lowest BCUT2D eigenvalue weighted by Gasteiger charge is -2.24. The maximum absolute atomic E-state index is 11.7. The van der Waals surface area contributed by atoms with Crippen molar-refractivity contribution >= 4 is 5.97 Å². The Balaban J connectivity index is 4.14. The molecule has 0 fully saturated rings. The molecule has 136 valence electrons. The number of rotatable bonds is 15. The predicted molar refractivity (Wildman–Crippen MR) is 101 cm³/mol. The van der Waals surface area contributed by atoms with Crippen LogP contribution in [0.4, 0.5) is 0 Å². The first-order chi connectivity index (χ1) is 11.7. The standard InChI is InChI=1S/C20H34N2O2/c1-5-9-11-12-15-22(17-13-16-21(7-3)8-4)18-14-20(23)24-19-10-6-2/h1-2H,7-19H2,3-4H3. The Kier molecular flexibility index (Phi) is 15.4. The predicted octanol–water partition coefficient (Wildman–Crippen LogP) is 2.78. The topological polar surface area (TPSA) is 32.8 Å². The van der Waals surface area contributed by atoms with Gasteiger partial charge in [0.25, 0.3) is 0 Å². The number of ether oxygens (including phenoxy) is 1. The minimum absolute atomic E-state index is 0.164. The minimum Gasteiger partial charge on any atom is -0.465 e. The summed E-state index contributed by atoms with van der Waals surface area (Å²) in [5, 5.41) is 0. The number of esters is 1. The van der Waals surface area contributed by atoms with Crippen molar-refractivity contribution in [3.63, 3.8) is 0 Å². The molecule has 4 heteroatoms. The Morgan fingerprint density at radius 3 is 2.12 bits per heavy atom. The van der Waals surface area contributed by atoms with Gasteiger partial charge in [0.1, 0.15) is 6.61 Å². The highest BCUT2D eigenvalue weighted by molar-refractivity contribution is 5.69. The highest BCUT2D eigenvalue weighted by atomic mass is 16.5. The van der Waals surface area contributed by atoms with Crippen LogP contribution in [0.3, 0.4) is 0 Å². The fourth-order valence-corrected chi connectivity index (χ4v) is 2.50. The molecule has 0 aromatic heterocycles. The Bertz CT molecular complexity index is 391. The molecule has 0 spiro atoms. The smallest absolute Gasteiger partial charge is 0.307 e. The summed E-state index contributed by atoms with van der Waals surface area (Å²) in [6, 6.07) is 0. The van der Waals surface area contributed by atoms with Crippen LogP contribution in [0.25, 0.3) is 0 Å². The molecule has 0 aromatic rings. The van der Waals surface area contributed by atoms with Crippen molar-refractivity contribution < 1.29 is 9.53 Å². The van der Waals surface area contributed by atoms with Crippen molar-refractivity contribution in [3.05, 3.63) is 0 Å². The first-order valence-electron chi connectivity index (χ1n) is 9.15. The zero-order valence-electron chi connectivity index (χ0n) is 15.6. The van der Waals surface area contributed by atoms with Gasteiger partial charge in [-0.25, -0.2) is 0 Å². The molecule has 24 heavy (non-hydrogen) atoms. The van der Waals surface area contributed by atoms with Gasteiger partial charge in [-0.05, 0) is 52.0 Å². The molecule has 0 bridgehead atoms. The van der Waals surface area contributed by atoms with Gasteiger partial charge in [-0.2, -0.15) is 0 Å². The maximum atomic E-state index is 11.7. The molecule has 0 N–H and O–H groups in total. The summed E-state index contributed by atoms with van der Waals surface area (Å²) in [6.07, 6.45) is 15.4. The largest absolute Gasteiger partial charge is 0.465 e. The number of nitrogens with zero attached hydrogens (tertiary/aromatic N) is 2. The molecule has 4 nitrogen and oxygen atoms in total. The van der Waals surface area contributed by atoms with Crippen LogP contribution in [0.5, 0.6) is 0 Å². The van der Waals surface area contributed by atoms with Gasteiger partial charge in [-0.15, -0.1) is 24.7 Å². The van der Waals surface area contributed by atoms with Crippen LogP contribution in [0.2, 0.25) is 0 Å². The van der Waals surface area contributed by atoms with Crippen LogP contribution in [0.1, 0.15) is 52.4 Å². The van der Waals surface area contributed by atoms with E-state index in [0.717, 1.165) is 65.0 Å². The second kappa shape index (κ2) is 16.4. The molecule has 0 aliphatic carbocycles. The molecular formula is C20H34N2O2. The highest BCUT2D eigenvalue weighted by Crippen LogP contribution is 2.03. The lowest BCUT2D eigenvalue weighted by atomic mass is 10.2. The molecule has 0 aliphatic heterocycles. The van der Waals surface area contributed by atoms with Crippen molar-refractivity contribution in [1.82, 2.24) is 9.80 Å². The molecule has 0 amide bonds. The monoisotopic (exact) mass is 334 g/mol. The maximum Gasteiger partial charge on any atom is 0.307 e. The molecular weight excluding hydrogens is 300 g/mol. The molecule has 0 radical (unpaired) electrons. The molecule has 0 aliphatic rings. The van der Waals surface area contributed by atoms with Gasteiger partial charge in [0.15, 0.2) is 0 Å². The molecule has 0 saturated carbocycles. The summed E-state index contributed by atoms with van der Waals surface area (Å²) >= 11 is 0. The lowest BCUT2D eigenvalue weighted by molar-refractivity contribution is -0.143. The molecule has 0 unspecified atom stereocenters. The van der Waals surface area contributed by atoms with Crippen molar-refractivity contribution in [1.29, 1.82) is 0 Å². The Morgan fingerprint density at radius 2 is 1.50 bits per heavy atom. The number of terminal acetylenes is 2. The summed E-state index contributed by atoms with van der Waals surface area (Å²) in [5.74, 6) is 4.98. The van der Waals surface area contributed by atoms with Crippen molar-refractivity contribution in [2.75, 3.05) is 45.9 Å². The zero-order chi connectivity index (χ0) is 18.0. The van der Waals surface area contributed by atoms with Crippen LogP contribution in [-0.2, 0) is 9.53 Å². The summed E-state index contributed by atoms with van der Waals surface area (Å²) in [7, 11) is 0. The first-order valence-corrected chi connectivity index (χ1v) is 9.15. The van der Waals surface area contributed by atoms with E-state index in [1.807, 2.05) is 0 Å². The van der Waals surface area contributed by atoms with Gasteiger partial charge in [-0.1, -0.05) is 13.8 Å². The van der Waals surface area contributed by atoms with E-state index in [1.54, 1.807) is 0 Å². The second-order valence-corrected chi connectivity index (χ2v) is 5.81. The van der Waals surface area contributed by atoms with E-state index in [0.29, 0.717) is 19.4 Å². The van der Waals surface area contributed by atoms with Gasteiger partial charge < -0.3 is 14.5 Å². The van der Waals surface area contributed by atoms with E-state index < -0.39 is 0 Å². The first kappa shape index (κ1) is 22.5. The van der Waals surface area contributed by atoms with Crippen LogP contribution in [0, 0.1) is 24.7 Å². The van der Waals surface area contributed by atoms with E-state index in [4.69, 9.17) is 17.6 Å². The fourth-order valence-electron chi connectivity index (χ4n) is 2.50. The van der Waals surface area contributed by atoms with Crippen LogP contribution < -0.4 is 0 Å². The molecule has 0 rings (SSSR count). The third-order valence-electron chi connectivity index (χ3n) is 4.03. The summed E-state index contributed by atoms with van der Waals surface area (Å²) in [5.41, 5.74) is 0. The van der Waals surface area contributed by atoms with Gasteiger partial charge in [0.2, 0.25) is 0 Å². The van der Waals surface area contributed by atoms with Crippen LogP contribution >= 0.6 is 0 Å². The van der Waals surface area contributed by atoms with E-state index in [9.17, 15) is 4.79 Å². The van der Waals surface area contributed by atoms with Gasteiger partial charge in [0, 0.05) is 19.4 Å². The number of hydrogen-bond acceptors (Lipinski definition) is 4. The van der Waals surface area contributed by atoms with Gasteiger partial charge in [-0.3, -0.25) is 4.79 Å². The number of unbranched alkanes of at least 4 members (excludes halogenated alkanes) is 2. The molecule has 0 aromatic carbocycles. The number of carbonyl (C=O) groups excluding carboxylic acids is 1. The summed E-state index contributed by atoms with van der Waals surface area (Å²) < 4.78 is 5.11. The van der Waals surface area contributed by atoms with Crippen molar-refractivity contribution in [3.8, 4) is 24.7 Å². The molecule has 0 saturated heterocycles. The summed E-state index contributed by atoms with van der Waals surface area (Å²) in [4.78, 5) is 16.5. The normalized spacial score (nSPS) is 10.6. The third-order valence-corrected chi connectivity index (χ3v) is 4.03. The van der Waals surface area contributed by atoms with Gasteiger partial charge >= 0.3 is 5.97 Å². The third kappa shape index (κ3) is 13.0. The SMILES string of the molecule is C#CCCCCN(CCCN(CC)CC)CCC(=O)OCCC#C. The van der Waals surface area contributed by atoms with Crippen LogP contribution in [-0.4, -0.2) is 61.6 Å². The van der Waals surface area contributed by atoms with Crippen molar-refractivity contribution in [2.45, 2.75) is 52.4 Å². The van der Waals surface area contributed by atoms with E-state index >= 15 is 0 Å². The average molecular weight is 335 g/mol. The quantitative estimate of drug-likeness (QED) is 0.262. The second-order valence-electron chi connectivity index (χ2n) is 5.81. The average Bonchev–Trinajstić information content (AvgIpc) is 2.59. The number of carbonyl (C=O) groups is 1. The van der Waals surface area contributed by atoms with E-state index in [1.165, 1.54) is 0 Å². The zero-order valence-corrected chi connectivity index (χ0v) is 15.6. The fraction of sp³-hybridized carbons (Fsp3) is 0.750. The Labute approximate surface area is 148 Å². The van der Waals surface area contributed by atoms with E-state index in [-0.39, 0.29) is 5.97 Å². The Morgan fingerprint density at radius 1 is 0.875 bits per heavy atom. The van der Waals surface area contributed by atoms with Gasteiger partial charge in [0.05, 0.1) is 6.42 Å². The van der Waals surface area contributed by atoms with E-state index in [2.05, 4.69) is 35.5 Å². The molecule has 0 heterocycles. The highest BCUT2D eigenvalue weighted by Gasteiger charge is 2.10. The lowest BCUT2D eigenvalue weighted by Crippen LogP contribution is -2.32. The molecule has 0 atom stereocenters. The Hall–Kier alpha value is -1.49.